The van der Waals surface area contributed by atoms with E-state index in [1.54, 1.807) is 29.2 Å². The number of aromatic nitrogens is 3. The molecule has 2 aromatic heterocycles. The van der Waals surface area contributed by atoms with E-state index in [1.807, 2.05) is 4.90 Å². The molecule has 0 radical (unpaired) electrons. The molecule has 3 aliphatic rings. The molecule has 0 amide bonds. The molecule has 2 atom stereocenters. The van der Waals surface area contributed by atoms with Crippen molar-refractivity contribution in [3.63, 3.8) is 0 Å². The van der Waals surface area contributed by atoms with Crippen LogP contribution in [0.15, 0.2) is 35.0 Å². The number of piperidine rings is 1. The lowest BCUT2D eigenvalue weighted by Crippen LogP contribution is -2.67. The van der Waals surface area contributed by atoms with Crippen molar-refractivity contribution in [2.75, 3.05) is 18.0 Å². The van der Waals surface area contributed by atoms with Gasteiger partial charge in [-0.3, -0.25) is 0 Å². The molecule has 3 aliphatic heterocycles. The van der Waals surface area contributed by atoms with Gasteiger partial charge in [-0.25, -0.2) is 4.68 Å². The van der Waals surface area contributed by atoms with Crippen LogP contribution in [0.1, 0.15) is 20.3 Å². The number of alkyl halides is 2. The van der Waals surface area contributed by atoms with Gasteiger partial charge in [-0.2, -0.15) is 18.9 Å². The zero-order valence-corrected chi connectivity index (χ0v) is 16.0. The summed E-state index contributed by atoms with van der Waals surface area (Å²) >= 11 is 0. The lowest BCUT2D eigenvalue weighted by atomic mass is 9.92. The van der Waals surface area contributed by atoms with Crippen LogP contribution in [0.3, 0.4) is 0 Å². The summed E-state index contributed by atoms with van der Waals surface area (Å²) < 4.78 is 41.2. The Labute approximate surface area is 165 Å². The van der Waals surface area contributed by atoms with Crippen LogP contribution in [0.25, 0.3) is 16.8 Å². The van der Waals surface area contributed by atoms with Crippen molar-refractivity contribution in [3.05, 3.63) is 30.6 Å². The van der Waals surface area contributed by atoms with Crippen LogP contribution >= 0.6 is 0 Å². The number of halogens is 2. The summed E-state index contributed by atoms with van der Waals surface area (Å²) in [5, 5.41) is 17.4. The summed E-state index contributed by atoms with van der Waals surface area (Å²) in [4.78, 5) is 6.48. The van der Waals surface area contributed by atoms with E-state index in [9.17, 15) is 13.9 Å². The quantitative estimate of drug-likeness (QED) is 0.673. The molecule has 6 rings (SSSR count). The fourth-order valence-corrected chi connectivity index (χ4v) is 3.70. The molecule has 2 bridgehead atoms. The van der Waals surface area contributed by atoms with Gasteiger partial charge in [-0.05, 0) is 38.5 Å². The molecule has 1 aromatic carbocycles. The molecule has 0 aliphatic carbocycles. The summed E-state index contributed by atoms with van der Waals surface area (Å²) in [7, 11) is 0. The number of hydrogen-bond donors (Lipinski definition) is 2. The first kappa shape index (κ1) is 18.3. The highest BCUT2D eigenvalue weighted by Crippen LogP contribution is 2.39. The molecule has 8 nitrogen and oxygen atoms in total. The lowest BCUT2D eigenvalue weighted by molar-refractivity contribution is -0.275. The van der Waals surface area contributed by atoms with Crippen molar-refractivity contribution in [2.24, 2.45) is 0 Å². The number of nitrogens with zero attached hydrogens (tertiary/aromatic N) is 4. The average Bonchev–Trinajstić information content (AvgIpc) is 3.30. The summed E-state index contributed by atoms with van der Waals surface area (Å²) in [6.45, 7) is 3.44. The van der Waals surface area contributed by atoms with Crippen molar-refractivity contribution >= 4 is 17.1 Å². The normalized spacial score (nSPS) is 22.0. The van der Waals surface area contributed by atoms with Gasteiger partial charge in [0, 0.05) is 37.6 Å². The molecule has 2 unspecified atom stereocenters. The van der Waals surface area contributed by atoms with E-state index < -0.39 is 11.7 Å². The van der Waals surface area contributed by atoms with Crippen LogP contribution in [-0.2, 0) is 0 Å². The molecule has 3 aromatic rings. The Bertz CT molecular complexity index is 1030. The van der Waals surface area contributed by atoms with Gasteiger partial charge in [0.05, 0.1) is 0 Å². The number of aliphatic hydroxyl groups is 1. The van der Waals surface area contributed by atoms with Crippen LogP contribution in [0.5, 0.6) is 5.75 Å². The van der Waals surface area contributed by atoms with E-state index in [4.69, 9.17) is 9.15 Å². The smallest absolute Gasteiger partial charge is 0.426 e. The second-order valence-corrected chi connectivity index (χ2v) is 8.09. The van der Waals surface area contributed by atoms with Crippen LogP contribution in [0, 0.1) is 0 Å². The molecule has 2 N–H and O–H groups in total. The Morgan fingerprint density at radius 2 is 2.00 bits per heavy atom. The Hall–Kier alpha value is -2.72. The predicted octanol–water partition coefficient (Wildman–Crippen LogP) is 2.31. The maximum Gasteiger partial charge on any atom is 0.426 e. The Morgan fingerprint density at radius 3 is 2.62 bits per heavy atom. The minimum absolute atomic E-state index is 0.157. The first-order valence-electron chi connectivity index (χ1n) is 9.45. The van der Waals surface area contributed by atoms with Gasteiger partial charge >= 0.3 is 6.11 Å². The lowest BCUT2D eigenvalue weighted by Gasteiger charge is -2.47. The van der Waals surface area contributed by atoms with E-state index >= 15 is 0 Å². The standard InChI is InChI=1S/C19H21F2N5O3/c1-18(2,27)19(20,21)29-14-5-4-13(26-7-3-6-22-26)16-15(14)24-17(28-16)25-9-11-8-12(10-25)23-11/h3-7,11-12,23,27H,8-10H2,1-2H3. The molecular weight excluding hydrogens is 384 g/mol. The Kier molecular flexibility index (Phi) is 3.88. The number of fused-ring (bicyclic) bond motifs is 3. The van der Waals surface area contributed by atoms with Crippen molar-refractivity contribution < 1.29 is 23.0 Å². The fourth-order valence-electron chi connectivity index (χ4n) is 3.70. The van der Waals surface area contributed by atoms with E-state index in [0.717, 1.165) is 33.4 Å². The van der Waals surface area contributed by atoms with Crippen molar-refractivity contribution in [3.8, 4) is 11.4 Å². The van der Waals surface area contributed by atoms with Crippen molar-refractivity contribution in [2.45, 2.75) is 44.1 Å². The molecule has 3 saturated heterocycles. The number of oxazole rings is 1. The number of hydrogen-bond acceptors (Lipinski definition) is 7. The second kappa shape index (κ2) is 6.14. The third-order valence-electron chi connectivity index (χ3n) is 5.37. The van der Waals surface area contributed by atoms with Gasteiger partial charge < -0.3 is 24.5 Å². The Morgan fingerprint density at radius 1 is 1.28 bits per heavy atom. The molecule has 0 saturated carbocycles. The minimum atomic E-state index is -3.82. The monoisotopic (exact) mass is 405 g/mol. The maximum absolute atomic E-state index is 14.4. The summed E-state index contributed by atoms with van der Waals surface area (Å²) in [5.74, 6) is -0.168. The summed E-state index contributed by atoms with van der Waals surface area (Å²) in [6.07, 6.45) is 0.632. The summed E-state index contributed by atoms with van der Waals surface area (Å²) in [5.41, 5.74) is -1.36. The van der Waals surface area contributed by atoms with Gasteiger partial charge in [0.25, 0.3) is 6.01 Å². The topological polar surface area (TPSA) is 88.6 Å². The van der Waals surface area contributed by atoms with Crippen LogP contribution in [-0.4, -0.2) is 56.8 Å². The third kappa shape index (κ3) is 3.03. The molecule has 5 heterocycles. The largest absolute Gasteiger partial charge is 0.428 e. The van der Waals surface area contributed by atoms with Gasteiger partial charge in [-0.15, -0.1) is 0 Å². The fraction of sp³-hybridized carbons (Fsp3) is 0.474. The van der Waals surface area contributed by atoms with E-state index in [1.165, 1.54) is 6.07 Å². The number of piperazine rings is 1. The van der Waals surface area contributed by atoms with Gasteiger partial charge in [0.2, 0.25) is 0 Å². The highest BCUT2D eigenvalue weighted by molar-refractivity contribution is 5.88. The SMILES string of the molecule is CC(C)(O)C(F)(F)Oc1ccc(-n2cccn2)c2oc(N3CC4CC(C3)N4)nc12. The average molecular weight is 405 g/mol. The maximum atomic E-state index is 14.4. The molecule has 154 valence electrons. The first-order valence-corrected chi connectivity index (χ1v) is 9.45. The molecule has 10 heteroatoms. The molecule has 0 spiro atoms. The second-order valence-electron chi connectivity index (χ2n) is 8.09. The zero-order valence-electron chi connectivity index (χ0n) is 16.0. The van der Waals surface area contributed by atoms with E-state index in [0.29, 0.717) is 29.4 Å². The van der Waals surface area contributed by atoms with E-state index in [2.05, 4.69) is 15.4 Å². The zero-order chi connectivity index (χ0) is 20.4. The highest BCUT2D eigenvalue weighted by Gasteiger charge is 2.49. The number of ether oxygens (including phenoxy) is 1. The summed E-state index contributed by atoms with van der Waals surface area (Å²) in [6, 6.07) is 5.83. The van der Waals surface area contributed by atoms with Crippen LogP contribution < -0.4 is 15.0 Å². The number of benzene rings is 1. The highest BCUT2D eigenvalue weighted by atomic mass is 19.3. The van der Waals surface area contributed by atoms with Crippen LogP contribution in [0.2, 0.25) is 0 Å². The van der Waals surface area contributed by atoms with E-state index in [-0.39, 0.29) is 11.3 Å². The van der Waals surface area contributed by atoms with Gasteiger partial charge in [0.1, 0.15) is 5.69 Å². The molecule has 3 fully saturated rings. The van der Waals surface area contributed by atoms with Crippen LogP contribution in [0.4, 0.5) is 14.8 Å². The van der Waals surface area contributed by atoms with Gasteiger partial charge in [-0.1, -0.05) is 0 Å². The third-order valence-corrected chi connectivity index (χ3v) is 5.37. The van der Waals surface area contributed by atoms with Gasteiger partial charge in [0.15, 0.2) is 22.5 Å². The number of nitrogens with one attached hydrogen (secondary N) is 1. The predicted molar refractivity (Wildman–Crippen MR) is 101 cm³/mol. The number of rotatable bonds is 5. The minimum Gasteiger partial charge on any atom is -0.428 e. The molecule has 29 heavy (non-hydrogen) atoms. The molecular formula is C19H21F2N5O3. The van der Waals surface area contributed by atoms with Crippen molar-refractivity contribution in [1.82, 2.24) is 20.1 Å². The Balaban J connectivity index is 1.60. The first-order chi connectivity index (χ1) is 13.7. The van der Waals surface area contributed by atoms with Crippen molar-refractivity contribution in [1.29, 1.82) is 0 Å². The number of anilines is 1.